The molecule has 4 N–H and O–H groups in total. The highest BCUT2D eigenvalue weighted by Gasteiger charge is 2.24. The number of hydrogen-bond acceptors (Lipinski definition) is 4. The van der Waals surface area contributed by atoms with E-state index in [1.165, 1.54) is 0 Å². The first kappa shape index (κ1) is 14.2. The van der Waals surface area contributed by atoms with Gasteiger partial charge in [0, 0.05) is 0 Å². The second-order valence-corrected chi connectivity index (χ2v) is 4.20. The third-order valence-corrected chi connectivity index (χ3v) is 1.41. The molecule has 0 aromatic carbocycles. The van der Waals surface area contributed by atoms with Gasteiger partial charge in [-0.3, -0.25) is 9.59 Å². The highest BCUT2D eigenvalue weighted by molar-refractivity contribution is 5.88. The molecule has 0 fully saturated rings. The number of carboxylic acids is 1. The summed E-state index contributed by atoms with van der Waals surface area (Å²) < 4.78 is 4.85. The zero-order valence-corrected chi connectivity index (χ0v) is 9.44. The van der Waals surface area contributed by atoms with Crippen LogP contribution in [0.15, 0.2) is 0 Å². The van der Waals surface area contributed by atoms with Gasteiger partial charge in [-0.05, 0) is 20.8 Å². The van der Waals surface area contributed by atoms with Gasteiger partial charge in [-0.15, -0.1) is 0 Å². The molecule has 0 rings (SSSR count). The fourth-order valence-corrected chi connectivity index (χ4v) is 0.847. The van der Waals surface area contributed by atoms with Gasteiger partial charge in [-0.2, -0.15) is 0 Å². The van der Waals surface area contributed by atoms with Crippen LogP contribution in [-0.2, 0) is 14.3 Å². The topological polar surface area (TPSA) is 119 Å². The lowest BCUT2D eigenvalue weighted by atomic mass is 10.2. The Morgan fingerprint density at radius 3 is 2.19 bits per heavy atom. The van der Waals surface area contributed by atoms with E-state index in [9.17, 15) is 14.4 Å². The molecule has 0 spiro atoms. The summed E-state index contributed by atoms with van der Waals surface area (Å²) in [4.78, 5) is 32.4. The van der Waals surface area contributed by atoms with E-state index in [-0.39, 0.29) is 0 Å². The number of primary amides is 1. The minimum atomic E-state index is -1.27. The number of carbonyl (C=O) groups is 3. The number of alkyl carbamates (subject to hydrolysis) is 1. The van der Waals surface area contributed by atoms with Gasteiger partial charge < -0.3 is 20.9 Å². The van der Waals surface area contributed by atoms with E-state index in [1.807, 2.05) is 0 Å². The summed E-state index contributed by atoms with van der Waals surface area (Å²) in [5.74, 6) is -2.16. The van der Waals surface area contributed by atoms with Gasteiger partial charge in [-0.25, -0.2) is 4.79 Å². The first-order valence-electron chi connectivity index (χ1n) is 4.62. The average molecular weight is 232 g/mol. The van der Waals surface area contributed by atoms with Crippen LogP contribution in [0.4, 0.5) is 4.79 Å². The fourth-order valence-electron chi connectivity index (χ4n) is 0.847. The van der Waals surface area contributed by atoms with Gasteiger partial charge in [0.1, 0.15) is 11.6 Å². The minimum Gasteiger partial charge on any atom is -0.481 e. The van der Waals surface area contributed by atoms with Crippen molar-refractivity contribution in [1.29, 1.82) is 0 Å². The molecule has 0 radical (unpaired) electrons. The van der Waals surface area contributed by atoms with E-state index in [0.29, 0.717) is 0 Å². The van der Waals surface area contributed by atoms with Crippen molar-refractivity contribution in [3.63, 3.8) is 0 Å². The quantitative estimate of drug-likeness (QED) is 0.622. The highest BCUT2D eigenvalue weighted by atomic mass is 16.6. The third kappa shape index (κ3) is 6.63. The number of nitrogens with two attached hydrogens (primary N) is 1. The average Bonchev–Trinajstić information content (AvgIpc) is 1.97. The Kier molecular flexibility index (Phi) is 4.74. The van der Waals surface area contributed by atoms with Crippen LogP contribution >= 0.6 is 0 Å². The van der Waals surface area contributed by atoms with Crippen LogP contribution in [0.2, 0.25) is 0 Å². The Hall–Kier alpha value is -1.79. The molecule has 0 aromatic heterocycles. The maximum absolute atomic E-state index is 11.2. The Balaban J connectivity index is 4.35. The van der Waals surface area contributed by atoms with Gasteiger partial charge in [-0.1, -0.05) is 0 Å². The molecule has 0 aliphatic rings. The lowest BCUT2D eigenvalue weighted by Crippen LogP contribution is -2.47. The van der Waals surface area contributed by atoms with Crippen LogP contribution in [0, 0.1) is 0 Å². The standard InChI is InChI=1S/C9H16N2O5/c1-9(2,3)16-8(15)11-5(7(10)14)4-6(12)13/h5H,4H2,1-3H3,(H2,10,14)(H,11,15)(H,12,13). The monoisotopic (exact) mass is 232 g/mol. The fraction of sp³-hybridized carbons (Fsp3) is 0.667. The largest absolute Gasteiger partial charge is 0.481 e. The molecule has 7 heteroatoms. The number of hydrogen-bond donors (Lipinski definition) is 3. The van der Waals surface area contributed by atoms with Crippen LogP contribution in [0.25, 0.3) is 0 Å². The number of carbonyl (C=O) groups excluding carboxylic acids is 2. The number of carboxylic acid groups (broad SMARTS) is 1. The first-order chi connectivity index (χ1) is 7.11. The van der Waals surface area contributed by atoms with E-state index in [4.69, 9.17) is 15.6 Å². The van der Waals surface area contributed by atoms with E-state index >= 15 is 0 Å². The van der Waals surface area contributed by atoms with Crippen molar-refractivity contribution in [2.75, 3.05) is 0 Å². The Morgan fingerprint density at radius 2 is 1.88 bits per heavy atom. The summed E-state index contributed by atoms with van der Waals surface area (Å²) in [5.41, 5.74) is 4.20. The summed E-state index contributed by atoms with van der Waals surface area (Å²) in [5, 5.41) is 10.6. The van der Waals surface area contributed by atoms with Crippen LogP contribution in [0.5, 0.6) is 0 Å². The van der Waals surface area contributed by atoms with Crippen molar-refractivity contribution >= 4 is 18.0 Å². The molecule has 0 saturated heterocycles. The summed E-state index contributed by atoms with van der Waals surface area (Å²) in [6.45, 7) is 4.93. The second kappa shape index (κ2) is 5.34. The second-order valence-electron chi connectivity index (χ2n) is 4.20. The van der Waals surface area contributed by atoms with Crippen molar-refractivity contribution < 1.29 is 24.2 Å². The van der Waals surface area contributed by atoms with Crippen molar-refractivity contribution in [2.45, 2.75) is 38.8 Å². The van der Waals surface area contributed by atoms with Crippen molar-refractivity contribution in [1.82, 2.24) is 5.32 Å². The third-order valence-electron chi connectivity index (χ3n) is 1.41. The van der Waals surface area contributed by atoms with Gasteiger partial charge in [0.05, 0.1) is 6.42 Å². The molecule has 1 unspecified atom stereocenters. The number of aliphatic carboxylic acids is 1. The zero-order valence-electron chi connectivity index (χ0n) is 9.44. The molecular weight excluding hydrogens is 216 g/mol. The van der Waals surface area contributed by atoms with Gasteiger partial charge in [0.15, 0.2) is 0 Å². The van der Waals surface area contributed by atoms with E-state index in [0.717, 1.165) is 0 Å². The lowest BCUT2D eigenvalue weighted by molar-refractivity contribution is -0.139. The SMILES string of the molecule is CC(C)(C)OC(=O)NC(CC(=O)O)C(N)=O. The molecular formula is C9H16N2O5. The van der Waals surface area contributed by atoms with Gasteiger partial charge in [0.25, 0.3) is 0 Å². The zero-order chi connectivity index (χ0) is 12.9. The molecule has 1 atom stereocenters. The molecule has 92 valence electrons. The number of rotatable bonds is 4. The molecule has 2 amide bonds. The predicted octanol–water partition coefficient (Wildman–Crippen LogP) is -0.160. The van der Waals surface area contributed by atoms with Crippen LogP contribution in [0.1, 0.15) is 27.2 Å². The molecule has 7 nitrogen and oxygen atoms in total. The highest BCUT2D eigenvalue weighted by Crippen LogP contribution is 2.07. The Morgan fingerprint density at radius 1 is 1.38 bits per heavy atom. The molecule has 0 aliphatic heterocycles. The molecule has 16 heavy (non-hydrogen) atoms. The summed E-state index contributed by atoms with van der Waals surface area (Å²) in [6.07, 6.45) is -1.45. The van der Waals surface area contributed by atoms with Crippen molar-refractivity contribution in [3.05, 3.63) is 0 Å². The van der Waals surface area contributed by atoms with E-state index < -0.39 is 36.0 Å². The van der Waals surface area contributed by atoms with Crippen molar-refractivity contribution in [2.24, 2.45) is 5.73 Å². The van der Waals surface area contributed by atoms with Gasteiger partial charge in [0.2, 0.25) is 5.91 Å². The molecule has 0 saturated carbocycles. The number of nitrogens with one attached hydrogen (secondary N) is 1. The normalized spacial score (nSPS) is 12.7. The smallest absolute Gasteiger partial charge is 0.408 e. The summed E-state index contributed by atoms with van der Waals surface area (Å²) in [7, 11) is 0. The van der Waals surface area contributed by atoms with Crippen LogP contribution in [-0.4, -0.2) is 34.7 Å². The van der Waals surface area contributed by atoms with Crippen LogP contribution < -0.4 is 11.1 Å². The lowest BCUT2D eigenvalue weighted by Gasteiger charge is -2.21. The maximum Gasteiger partial charge on any atom is 0.408 e. The molecule has 0 aliphatic carbocycles. The molecule has 0 aromatic rings. The predicted molar refractivity (Wildman–Crippen MR) is 54.6 cm³/mol. The van der Waals surface area contributed by atoms with Gasteiger partial charge >= 0.3 is 12.1 Å². The Labute approximate surface area is 92.9 Å². The molecule has 0 heterocycles. The van der Waals surface area contributed by atoms with Crippen molar-refractivity contribution in [3.8, 4) is 0 Å². The first-order valence-corrected chi connectivity index (χ1v) is 4.62. The minimum absolute atomic E-state index is 0.575. The van der Waals surface area contributed by atoms with Crippen LogP contribution in [0.3, 0.4) is 0 Å². The number of amides is 2. The molecule has 0 bridgehead atoms. The van der Waals surface area contributed by atoms with E-state index in [1.54, 1.807) is 20.8 Å². The summed E-state index contributed by atoms with van der Waals surface area (Å²) >= 11 is 0. The maximum atomic E-state index is 11.2. The summed E-state index contributed by atoms with van der Waals surface area (Å²) in [6, 6.07) is -1.27. The number of ether oxygens (including phenoxy) is 1. The Bertz CT molecular complexity index is 295. The van der Waals surface area contributed by atoms with E-state index in [2.05, 4.69) is 5.32 Å².